The summed E-state index contributed by atoms with van der Waals surface area (Å²) in [6.45, 7) is 9.27. The van der Waals surface area contributed by atoms with Crippen LogP contribution in [0.3, 0.4) is 0 Å². The fourth-order valence-electron chi connectivity index (χ4n) is 4.85. The fourth-order valence-corrected chi connectivity index (χ4v) is 5.89. The van der Waals surface area contributed by atoms with Crippen molar-refractivity contribution in [1.29, 1.82) is 0 Å². The van der Waals surface area contributed by atoms with Crippen LogP contribution in [-0.2, 0) is 4.79 Å². The molecule has 38 heavy (non-hydrogen) atoms. The first kappa shape index (κ1) is 27.2. The summed E-state index contributed by atoms with van der Waals surface area (Å²) in [5, 5.41) is 0. The van der Waals surface area contributed by atoms with Gasteiger partial charge < -0.3 is 19.1 Å². The lowest BCUT2D eigenvalue weighted by Gasteiger charge is -2.26. The number of benzene rings is 2. The molecule has 0 spiro atoms. The number of rotatable bonds is 9. The number of fused-ring (bicyclic) bond motifs is 1. The summed E-state index contributed by atoms with van der Waals surface area (Å²) in [7, 11) is 4.75. The van der Waals surface area contributed by atoms with Gasteiger partial charge in [-0.3, -0.25) is 14.2 Å². The number of nitrogens with zero attached hydrogens (tertiary/aromatic N) is 3. The maximum absolute atomic E-state index is 13.9. The van der Waals surface area contributed by atoms with Crippen LogP contribution in [0.15, 0.2) is 57.5 Å². The van der Waals surface area contributed by atoms with Crippen molar-refractivity contribution in [1.82, 2.24) is 4.57 Å². The SMILES string of the molecule is CCN(CC)c1ccc(/C=c2\sc3n(c2=O)[C@H](c2ccc(OC)cc2OC)C(C(C)=O)=C(C)N=3)c(OC)c1. The highest BCUT2D eigenvalue weighted by Crippen LogP contribution is 2.37. The zero-order valence-electron chi connectivity index (χ0n) is 22.8. The minimum absolute atomic E-state index is 0.155. The first-order valence-corrected chi connectivity index (χ1v) is 13.3. The molecule has 0 unspecified atom stereocenters. The third-order valence-corrected chi connectivity index (χ3v) is 7.75. The van der Waals surface area contributed by atoms with Crippen molar-refractivity contribution in [2.75, 3.05) is 39.3 Å². The number of ketones is 1. The van der Waals surface area contributed by atoms with E-state index in [2.05, 4.69) is 23.7 Å². The molecule has 0 radical (unpaired) electrons. The molecular formula is C29H33N3O5S. The number of methoxy groups -OCH3 is 3. The number of ether oxygens (including phenoxy) is 3. The monoisotopic (exact) mass is 535 g/mol. The predicted octanol–water partition coefficient (Wildman–Crippen LogP) is 3.70. The first-order valence-electron chi connectivity index (χ1n) is 12.5. The average Bonchev–Trinajstić information content (AvgIpc) is 3.22. The van der Waals surface area contributed by atoms with E-state index >= 15 is 0 Å². The molecule has 2 aromatic carbocycles. The predicted molar refractivity (Wildman–Crippen MR) is 151 cm³/mol. The molecule has 0 fully saturated rings. The summed E-state index contributed by atoms with van der Waals surface area (Å²) in [6, 6.07) is 10.7. The molecule has 9 heteroatoms. The summed E-state index contributed by atoms with van der Waals surface area (Å²) >= 11 is 1.28. The van der Waals surface area contributed by atoms with Gasteiger partial charge in [-0.2, -0.15) is 0 Å². The van der Waals surface area contributed by atoms with Crippen molar-refractivity contribution in [3.05, 3.63) is 78.5 Å². The topological polar surface area (TPSA) is 82.4 Å². The van der Waals surface area contributed by atoms with Gasteiger partial charge >= 0.3 is 0 Å². The van der Waals surface area contributed by atoms with E-state index in [1.165, 1.54) is 18.3 Å². The molecular weight excluding hydrogens is 502 g/mol. The minimum Gasteiger partial charge on any atom is -0.497 e. The molecule has 0 N–H and O–H groups in total. The van der Waals surface area contributed by atoms with Gasteiger partial charge in [0.2, 0.25) is 0 Å². The van der Waals surface area contributed by atoms with Gasteiger partial charge in [0.25, 0.3) is 5.56 Å². The largest absolute Gasteiger partial charge is 0.497 e. The van der Waals surface area contributed by atoms with Gasteiger partial charge in [-0.1, -0.05) is 11.3 Å². The number of Topliss-reactive ketones (excluding diaryl/α,β-unsaturated/α-hetero) is 1. The van der Waals surface area contributed by atoms with Gasteiger partial charge in [-0.25, -0.2) is 4.99 Å². The summed E-state index contributed by atoms with van der Waals surface area (Å²) in [5.74, 6) is 1.65. The number of carbonyl (C=O) groups is 1. The maximum Gasteiger partial charge on any atom is 0.271 e. The van der Waals surface area contributed by atoms with Crippen LogP contribution >= 0.6 is 11.3 Å². The number of hydrogen-bond donors (Lipinski definition) is 0. The molecule has 8 nitrogen and oxygen atoms in total. The Bertz CT molecular complexity index is 1580. The Hall–Kier alpha value is -3.85. The molecule has 1 aromatic heterocycles. The van der Waals surface area contributed by atoms with Crippen molar-refractivity contribution in [3.8, 4) is 17.2 Å². The van der Waals surface area contributed by atoms with Crippen LogP contribution < -0.4 is 34.0 Å². The van der Waals surface area contributed by atoms with E-state index in [0.29, 0.717) is 43.4 Å². The minimum atomic E-state index is -0.682. The molecule has 0 aliphatic carbocycles. The van der Waals surface area contributed by atoms with Crippen LogP contribution in [0.2, 0.25) is 0 Å². The quantitative estimate of drug-likeness (QED) is 0.416. The third-order valence-electron chi connectivity index (χ3n) is 6.77. The summed E-state index contributed by atoms with van der Waals surface area (Å²) in [5.41, 5.74) is 3.32. The Balaban J connectivity index is 1.94. The first-order chi connectivity index (χ1) is 18.3. The molecule has 1 aliphatic heterocycles. The zero-order chi connectivity index (χ0) is 27.6. The van der Waals surface area contributed by atoms with Crippen LogP contribution in [0.25, 0.3) is 6.08 Å². The number of carbonyl (C=O) groups excluding carboxylic acids is 1. The van der Waals surface area contributed by atoms with Gasteiger partial charge in [-0.05, 0) is 58.0 Å². The second-order valence-corrected chi connectivity index (χ2v) is 9.85. The highest BCUT2D eigenvalue weighted by molar-refractivity contribution is 7.07. The van der Waals surface area contributed by atoms with Gasteiger partial charge in [0.05, 0.1) is 31.9 Å². The maximum atomic E-state index is 13.9. The highest BCUT2D eigenvalue weighted by atomic mass is 32.1. The van der Waals surface area contributed by atoms with Crippen molar-refractivity contribution < 1.29 is 19.0 Å². The normalized spacial score (nSPS) is 15.1. The highest BCUT2D eigenvalue weighted by Gasteiger charge is 2.32. The Morgan fingerprint density at radius 2 is 1.76 bits per heavy atom. The molecule has 1 atom stereocenters. The van der Waals surface area contributed by atoms with E-state index in [1.807, 2.05) is 30.3 Å². The van der Waals surface area contributed by atoms with E-state index in [4.69, 9.17) is 14.2 Å². The van der Waals surface area contributed by atoms with E-state index in [1.54, 1.807) is 45.0 Å². The molecule has 200 valence electrons. The Labute approximate surface area is 226 Å². The summed E-state index contributed by atoms with van der Waals surface area (Å²) in [6.07, 6.45) is 1.82. The second kappa shape index (κ2) is 11.3. The molecule has 3 aromatic rings. The second-order valence-electron chi connectivity index (χ2n) is 8.84. The summed E-state index contributed by atoms with van der Waals surface area (Å²) < 4.78 is 18.8. The smallest absolute Gasteiger partial charge is 0.271 e. The standard InChI is InChI=1S/C29H33N3O5S/c1-8-31(9-2)20-11-10-19(23(15-20)36-6)14-25-28(34)32-27(22-13-12-21(35-5)16-24(22)37-7)26(18(4)33)17(3)30-29(32)38-25/h10-16,27H,8-9H2,1-7H3/b25-14-/t27-/m1/s1. The molecule has 0 amide bonds. The number of hydrogen-bond acceptors (Lipinski definition) is 8. The molecule has 0 bridgehead atoms. The lowest BCUT2D eigenvalue weighted by Crippen LogP contribution is -2.39. The molecule has 0 saturated carbocycles. The Morgan fingerprint density at radius 1 is 1.05 bits per heavy atom. The molecule has 0 saturated heterocycles. The van der Waals surface area contributed by atoms with Crippen molar-refractivity contribution in [2.24, 2.45) is 4.99 Å². The number of thiazole rings is 1. The van der Waals surface area contributed by atoms with Crippen molar-refractivity contribution >= 4 is 28.9 Å². The zero-order valence-corrected chi connectivity index (χ0v) is 23.6. The number of allylic oxidation sites excluding steroid dienone is 2. The van der Waals surface area contributed by atoms with E-state index in [9.17, 15) is 9.59 Å². The van der Waals surface area contributed by atoms with E-state index in [-0.39, 0.29) is 11.3 Å². The van der Waals surface area contributed by atoms with E-state index < -0.39 is 6.04 Å². The van der Waals surface area contributed by atoms with Crippen LogP contribution in [-0.4, -0.2) is 44.8 Å². The van der Waals surface area contributed by atoms with E-state index in [0.717, 1.165) is 24.3 Å². The van der Waals surface area contributed by atoms with Crippen molar-refractivity contribution in [2.45, 2.75) is 33.7 Å². The van der Waals surface area contributed by atoms with Crippen LogP contribution in [0, 0.1) is 0 Å². The number of anilines is 1. The molecule has 1 aliphatic rings. The third kappa shape index (κ3) is 4.86. The lowest BCUT2D eigenvalue weighted by molar-refractivity contribution is -0.114. The Kier molecular flexibility index (Phi) is 8.06. The van der Waals surface area contributed by atoms with Gasteiger partial charge in [0.15, 0.2) is 10.6 Å². The molecule has 2 heterocycles. The molecule has 4 rings (SSSR count). The number of aromatic nitrogens is 1. The summed E-state index contributed by atoms with van der Waals surface area (Å²) in [4.78, 5) is 34.1. The van der Waals surface area contributed by atoms with Crippen LogP contribution in [0.5, 0.6) is 17.2 Å². The van der Waals surface area contributed by atoms with Crippen molar-refractivity contribution in [3.63, 3.8) is 0 Å². The lowest BCUT2D eigenvalue weighted by atomic mass is 9.92. The average molecular weight is 536 g/mol. The van der Waals surface area contributed by atoms with Gasteiger partial charge in [0.1, 0.15) is 17.2 Å². The van der Waals surface area contributed by atoms with Crippen LogP contribution in [0.4, 0.5) is 5.69 Å². The van der Waals surface area contributed by atoms with Gasteiger partial charge in [-0.15, -0.1) is 0 Å². The Morgan fingerprint density at radius 3 is 2.37 bits per heavy atom. The van der Waals surface area contributed by atoms with Gasteiger partial charge in [0, 0.05) is 53.3 Å². The van der Waals surface area contributed by atoms with Crippen LogP contribution in [0.1, 0.15) is 44.9 Å². The fraction of sp³-hybridized carbons (Fsp3) is 0.345.